The Morgan fingerprint density at radius 3 is 2.74 bits per heavy atom. The second-order valence-corrected chi connectivity index (χ2v) is 4.14. The number of aromatic hydroxyl groups is 1. The van der Waals surface area contributed by atoms with E-state index in [0.29, 0.717) is 13.2 Å². The highest BCUT2D eigenvalue weighted by Crippen LogP contribution is 2.25. The fourth-order valence-corrected chi connectivity index (χ4v) is 1.38. The normalized spacial score (nSPS) is 10.5. The quantitative estimate of drug-likeness (QED) is 0.462. The standard InChI is InChI=1S/C12H16N2O5/c1-8(2)19-6-5-13-12(16)9-3-4-10(14(17)18)11(15)7-9/h3-4,7-8,15H,5-6H2,1-2H3,(H,13,16). The highest BCUT2D eigenvalue weighted by atomic mass is 16.6. The van der Waals surface area contributed by atoms with E-state index in [1.54, 1.807) is 0 Å². The van der Waals surface area contributed by atoms with Gasteiger partial charge >= 0.3 is 5.69 Å². The summed E-state index contributed by atoms with van der Waals surface area (Å²) in [5.41, 5.74) is -0.271. The summed E-state index contributed by atoms with van der Waals surface area (Å²) in [6, 6.07) is 3.45. The molecule has 0 saturated heterocycles. The molecule has 1 aromatic rings. The van der Waals surface area contributed by atoms with Crippen LogP contribution in [0.15, 0.2) is 18.2 Å². The van der Waals surface area contributed by atoms with Crippen molar-refractivity contribution in [3.8, 4) is 5.75 Å². The summed E-state index contributed by atoms with van der Waals surface area (Å²) in [6.45, 7) is 4.48. The number of phenolic OH excluding ortho intramolecular Hbond substituents is 1. The first-order valence-electron chi connectivity index (χ1n) is 5.79. The first kappa shape index (κ1) is 14.9. The van der Waals surface area contributed by atoms with E-state index in [9.17, 15) is 20.0 Å². The van der Waals surface area contributed by atoms with Gasteiger partial charge in [0.2, 0.25) is 0 Å². The van der Waals surface area contributed by atoms with E-state index in [1.165, 1.54) is 6.07 Å². The van der Waals surface area contributed by atoms with E-state index < -0.39 is 22.3 Å². The van der Waals surface area contributed by atoms with E-state index in [1.807, 2.05) is 13.8 Å². The second kappa shape index (κ2) is 6.69. The number of phenols is 1. The number of nitrogens with zero attached hydrogens (tertiary/aromatic N) is 1. The average molecular weight is 268 g/mol. The Hall–Kier alpha value is -2.15. The number of nitrogens with one attached hydrogen (secondary N) is 1. The number of hydrogen-bond acceptors (Lipinski definition) is 5. The van der Waals surface area contributed by atoms with Gasteiger partial charge in [0.25, 0.3) is 5.91 Å². The molecule has 0 aliphatic heterocycles. The highest BCUT2D eigenvalue weighted by Gasteiger charge is 2.15. The van der Waals surface area contributed by atoms with Crippen molar-refractivity contribution in [1.82, 2.24) is 5.32 Å². The molecule has 0 bridgehead atoms. The van der Waals surface area contributed by atoms with E-state index in [2.05, 4.69) is 5.32 Å². The zero-order chi connectivity index (χ0) is 14.4. The maximum Gasteiger partial charge on any atom is 0.310 e. The Bertz CT molecular complexity index is 473. The molecule has 7 nitrogen and oxygen atoms in total. The van der Waals surface area contributed by atoms with Crippen LogP contribution in [0.5, 0.6) is 5.75 Å². The van der Waals surface area contributed by atoms with Crippen LogP contribution in [0.4, 0.5) is 5.69 Å². The molecule has 104 valence electrons. The predicted octanol–water partition coefficient (Wildman–Crippen LogP) is 1.46. The molecule has 0 aliphatic rings. The molecule has 0 saturated carbocycles. The zero-order valence-corrected chi connectivity index (χ0v) is 10.8. The topological polar surface area (TPSA) is 102 Å². The SMILES string of the molecule is CC(C)OCCNC(=O)c1ccc([N+](=O)[O-])c(O)c1. The van der Waals surface area contributed by atoms with Crippen LogP contribution in [-0.2, 0) is 4.74 Å². The van der Waals surface area contributed by atoms with Crippen LogP contribution in [0.2, 0.25) is 0 Å². The minimum atomic E-state index is -0.715. The van der Waals surface area contributed by atoms with Gasteiger partial charge in [0.05, 0.1) is 17.6 Å². The number of ether oxygens (including phenoxy) is 1. The van der Waals surface area contributed by atoms with Crippen LogP contribution in [0.1, 0.15) is 24.2 Å². The molecule has 1 rings (SSSR count). The largest absolute Gasteiger partial charge is 0.502 e. The van der Waals surface area contributed by atoms with Crippen molar-refractivity contribution in [3.63, 3.8) is 0 Å². The number of nitro groups is 1. The number of carbonyl (C=O) groups is 1. The van der Waals surface area contributed by atoms with E-state index in [-0.39, 0.29) is 11.7 Å². The number of nitro benzene ring substituents is 1. The van der Waals surface area contributed by atoms with E-state index in [0.717, 1.165) is 12.1 Å². The van der Waals surface area contributed by atoms with Gasteiger partial charge in [0.15, 0.2) is 5.75 Å². The molecule has 7 heteroatoms. The van der Waals surface area contributed by atoms with Crippen LogP contribution in [0, 0.1) is 10.1 Å². The van der Waals surface area contributed by atoms with Gasteiger partial charge in [0.1, 0.15) is 0 Å². The molecule has 0 spiro atoms. The van der Waals surface area contributed by atoms with Crippen molar-refractivity contribution in [2.75, 3.05) is 13.2 Å². The van der Waals surface area contributed by atoms with Crippen molar-refractivity contribution >= 4 is 11.6 Å². The third-order valence-corrected chi connectivity index (χ3v) is 2.27. The maximum absolute atomic E-state index is 11.7. The lowest BCUT2D eigenvalue weighted by Gasteiger charge is -2.08. The van der Waals surface area contributed by atoms with E-state index >= 15 is 0 Å². The van der Waals surface area contributed by atoms with Crippen LogP contribution >= 0.6 is 0 Å². The summed E-state index contributed by atoms with van der Waals surface area (Å²) in [5.74, 6) is -0.950. The molecule has 0 heterocycles. The van der Waals surface area contributed by atoms with Crippen molar-refractivity contribution in [2.45, 2.75) is 20.0 Å². The summed E-state index contributed by atoms with van der Waals surface area (Å²) in [5, 5.41) is 22.5. The minimum Gasteiger partial charge on any atom is -0.502 e. The first-order valence-corrected chi connectivity index (χ1v) is 5.79. The van der Waals surface area contributed by atoms with Gasteiger partial charge in [-0.2, -0.15) is 0 Å². The molecule has 0 atom stereocenters. The zero-order valence-electron chi connectivity index (χ0n) is 10.8. The molecule has 19 heavy (non-hydrogen) atoms. The second-order valence-electron chi connectivity index (χ2n) is 4.14. The fraction of sp³-hybridized carbons (Fsp3) is 0.417. The molecule has 0 radical (unpaired) electrons. The average Bonchev–Trinajstić information content (AvgIpc) is 2.33. The predicted molar refractivity (Wildman–Crippen MR) is 68.2 cm³/mol. The number of hydrogen-bond donors (Lipinski definition) is 2. The van der Waals surface area contributed by atoms with Gasteiger partial charge in [-0.1, -0.05) is 0 Å². The molecule has 2 N–H and O–H groups in total. The van der Waals surface area contributed by atoms with Crippen LogP contribution in [0.3, 0.4) is 0 Å². The van der Waals surface area contributed by atoms with Crippen molar-refractivity contribution in [3.05, 3.63) is 33.9 Å². The Morgan fingerprint density at radius 1 is 1.53 bits per heavy atom. The Balaban J connectivity index is 2.58. The molecule has 0 unspecified atom stereocenters. The molecular weight excluding hydrogens is 252 g/mol. The first-order chi connectivity index (χ1) is 8.91. The molecule has 0 fully saturated rings. The van der Waals surface area contributed by atoms with Gasteiger partial charge in [-0.3, -0.25) is 14.9 Å². The highest BCUT2D eigenvalue weighted by molar-refractivity contribution is 5.95. The van der Waals surface area contributed by atoms with E-state index in [4.69, 9.17) is 4.74 Å². The Kier molecular flexibility index (Phi) is 5.25. The number of rotatable bonds is 6. The maximum atomic E-state index is 11.7. The lowest BCUT2D eigenvalue weighted by Crippen LogP contribution is -2.28. The van der Waals surface area contributed by atoms with Crippen molar-refractivity contribution in [2.24, 2.45) is 0 Å². The third kappa shape index (κ3) is 4.55. The molecule has 1 amide bonds. The van der Waals surface area contributed by atoms with Gasteiger partial charge in [-0.05, 0) is 26.0 Å². The lowest BCUT2D eigenvalue weighted by molar-refractivity contribution is -0.385. The van der Waals surface area contributed by atoms with Gasteiger partial charge in [0, 0.05) is 18.2 Å². The Morgan fingerprint density at radius 2 is 2.21 bits per heavy atom. The number of benzene rings is 1. The van der Waals surface area contributed by atoms with Gasteiger partial charge < -0.3 is 15.2 Å². The summed E-state index contributed by atoms with van der Waals surface area (Å²) in [6.07, 6.45) is 0.0836. The number of amides is 1. The fourth-order valence-electron chi connectivity index (χ4n) is 1.38. The van der Waals surface area contributed by atoms with Crippen molar-refractivity contribution in [1.29, 1.82) is 0 Å². The molecule has 1 aromatic carbocycles. The molecule has 0 aliphatic carbocycles. The van der Waals surface area contributed by atoms with Crippen LogP contribution < -0.4 is 5.32 Å². The van der Waals surface area contributed by atoms with Crippen LogP contribution in [-0.4, -0.2) is 35.2 Å². The summed E-state index contributed by atoms with van der Waals surface area (Å²) in [7, 11) is 0. The smallest absolute Gasteiger partial charge is 0.310 e. The summed E-state index contributed by atoms with van der Waals surface area (Å²) >= 11 is 0. The van der Waals surface area contributed by atoms with Crippen LogP contribution in [0.25, 0.3) is 0 Å². The lowest BCUT2D eigenvalue weighted by atomic mass is 10.2. The monoisotopic (exact) mass is 268 g/mol. The summed E-state index contributed by atoms with van der Waals surface area (Å²) < 4.78 is 5.25. The minimum absolute atomic E-state index is 0.0836. The Labute approximate surface area is 110 Å². The third-order valence-electron chi connectivity index (χ3n) is 2.27. The van der Waals surface area contributed by atoms with Crippen molar-refractivity contribution < 1.29 is 19.6 Å². The summed E-state index contributed by atoms with van der Waals surface area (Å²) in [4.78, 5) is 21.5. The number of carbonyl (C=O) groups excluding carboxylic acids is 1. The van der Waals surface area contributed by atoms with Gasteiger partial charge in [-0.15, -0.1) is 0 Å². The van der Waals surface area contributed by atoms with Gasteiger partial charge in [-0.25, -0.2) is 0 Å². The molecular formula is C12H16N2O5. The molecule has 0 aromatic heterocycles.